The fourth-order valence-electron chi connectivity index (χ4n) is 2.43. The van der Waals surface area contributed by atoms with Crippen LogP contribution in [0.3, 0.4) is 0 Å². The molecule has 2 aromatic rings. The van der Waals surface area contributed by atoms with E-state index >= 15 is 0 Å². The Morgan fingerprint density at radius 2 is 2.00 bits per heavy atom. The van der Waals surface area contributed by atoms with Crippen molar-refractivity contribution in [3.05, 3.63) is 40.9 Å². The van der Waals surface area contributed by atoms with E-state index in [0.717, 1.165) is 42.5 Å². The van der Waals surface area contributed by atoms with Crippen molar-refractivity contribution in [3.8, 4) is 11.4 Å². The normalized spacial score (nSPS) is 15.5. The molecule has 0 aliphatic heterocycles. The first-order valence-electron chi connectivity index (χ1n) is 7.02. The molecule has 6 nitrogen and oxygen atoms in total. The van der Waals surface area contributed by atoms with E-state index in [-0.39, 0.29) is 0 Å². The maximum atomic E-state index is 8.64. The Morgan fingerprint density at radius 1 is 1.23 bits per heavy atom. The van der Waals surface area contributed by atoms with Crippen LogP contribution >= 0.6 is 11.6 Å². The van der Waals surface area contributed by atoms with Gasteiger partial charge >= 0.3 is 0 Å². The molecule has 0 bridgehead atoms. The molecule has 0 fully saturated rings. The lowest BCUT2D eigenvalue weighted by Crippen LogP contribution is -2.05. The van der Waals surface area contributed by atoms with Gasteiger partial charge < -0.3 is 4.52 Å². The van der Waals surface area contributed by atoms with Gasteiger partial charge in [-0.05, 0) is 49.9 Å². The molecule has 114 valence electrons. The van der Waals surface area contributed by atoms with E-state index < -0.39 is 0 Å². The average molecular weight is 319 g/mol. The van der Waals surface area contributed by atoms with Crippen molar-refractivity contribution in [3.63, 3.8) is 0 Å². The second kappa shape index (κ2) is 6.72. The third-order valence-electron chi connectivity index (χ3n) is 3.50. The summed E-state index contributed by atoms with van der Waals surface area (Å²) in [6.45, 7) is 0. The monoisotopic (exact) mass is 318 g/mol. The fourth-order valence-corrected chi connectivity index (χ4v) is 2.56. The molecule has 0 spiro atoms. The van der Waals surface area contributed by atoms with Gasteiger partial charge in [0.1, 0.15) is 6.34 Å². The van der Waals surface area contributed by atoms with Crippen LogP contribution in [0.4, 0.5) is 0 Å². The molecule has 0 atom stereocenters. The minimum atomic E-state index is 0.481. The summed E-state index contributed by atoms with van der Waals surface area (Å²) < 4.78 is 5.39. The smallest absolute Gasteiger partial charge is 0.256 e. The van der Waals surface area contributed by atoms with Crippen molar-refractivity contribution >= 4 is 23.5 Å². The average Bonchev–Trinajstić information content (AvgIpc) is 3.03. The van der Waals surface area contributed by atoms with Crippen molar-refractivity contribution < 1.29 is 9.73 Å². The summed E-state index contributed by atoms with van der Waals surface area (Å²) in [6.07, 6.45) is 5.02. The molecule has 0 saturated carbocycles. The number of allylic oxidation sites excluding steroid dienone is 2. The molecule has 0 radical (unpaired) electrons. The first-order chi connectivity index (χ1) is 10.8. The molecule has 2 N–H and O–H groups in total. The van der Waals surface area contributed by atoms with Crippen LogP contribution in [-0.4, -0.2) is 21.7 Å². The topological polar surface area (TPSA) is 83.5 Å². The maximum Gasteiger partial charge on any atom is 0.256 e. The van der Waals surface area contributed by atoms with Crippen molar-refractivity contribution in [1.29, 1.82) is 0 Å². The lowest BCUT2D eigenvalue weighted by molar-refractivity contribution is 0.239. The molecule has 0 saturated heterocycles. The van der Waals surface area contributed by atoms with Gasteiger partial charge in [0, 0.05) is 16.2 Å². The third-order valence-corrected chi connectivity index (χ3v) is 3.76. The molecule has 1 heterocycles. The molecule has 1 aliphatic carbocycles. The first-order valence-corrected chi connectivity index (χ1v) is 7.40. The molecule has 1 aliphatic rings. The van der Waals surface area contributed by atoms with E-state index in [9.17, 15) is 0 Å². The van der Waals surface area contributed by atoms with Gasteiger partial charge in [-0.1, -0.05) is 16.8 Å². The van der Waals surface area contributed by atoms with Gasteiger partial charge in [-0.2, -0.15) is 4.98 Å². The van der Waals surface area contributed by atoms with Crippen LogP contribution in [-0.2, 0) is 0 Å². The summed E-state index contributed by atoms with van der Waals surface area (Å²) in [5.74, 6) is 1.00. The number of nitrogens with one attached hydrogen (secondary N) is 1. The number of halogens is 1. The highest BCUT2D eigenvalue weighted by atomic mass is 35.5. The molecule has 22 heavy (non-hydrogen) atoms. The Balaban J connectivity index is 1.93. The lowest BCUT2D eigenvalue weighted by Gasteiger charge is -2.13. The molecule has 3 rings (SSSR count). The van der Waals surface area contributed by atoms with Crippen molar-refractivity contribution in [2.45, 2.75) is 25.7 Å². The predicted octanol–water partition coefficient (Wildman–Crippen LogP) is 3.68. The largest absolute Gasteiger partial charge is 0.334 e. The summed E-state index contributed by atoms with van der Waals surface area (Å²) in [5.41, 5.74) is 4.56. The van der Waals surface area contributed by atoms with Crippen LogP contribution < -0.4 is 5.48 Å². The molecule has 1 aromatic heterocycles. The minimum Gasteiger partial charge on any atom is -0.334 e. The van der Waals surface area contributed by atoms with E-state index in [0.29, 0.717) is 16.7 Å². The zero-order valence-corrected chi connectivity index (χ0v) is 12.5. The fraction of sp³-hybridized carbons (Fsp3) is 0.267. The number of nitrogens with zero attached hydrogens (tertiary/aromatic N) is 3. The zero-order valence-electron chi connectivity index (χ0n) is 11.8. The molecule has 0 amide bonds. The zero-order chi connectivity index (χ0) is 15.4. The van der Waals surface area contributed by atoms with Gasteiger partial charge in [0.15, 0.2) is 0 Å². The minimum absolute atomic E-state index is 0.481. The number of hydrogen-bond acceptors (Lipinski definition) is 5. The Hall–Kier alpha value is -2.18. The Morgan fingerprint density at radius 3 is 2.77 bits per heavy atom. The van der Waals surface area contributed by atoms with Crippen LogP contribution in [0, 0.1) is 0 Å². The highest BCUT2D eigenvalue weighted by Crippen LogP contribution is 2.33. The van der Waals surface area contributed by atoms with Crippen LogP contribution in [0.25, 0.3) is 17.0 Å². The Bertz CT molecular complexity index is 707. The van der Waals surface area contributed by atoms with Crippen LogP contribution in [0.2, 0.25) is 5.02 Å². The molecule has 7 heteroatoms. The van der Waals surface area contributed by atoms with E-state index in [2.05, 4.69) is 15.1 Å². The number of hydroxylamine groups is 1. The van der Waals surface area contributed by atoms with Gasteiger partial charge in [0.05, 0.1) is 5.70 Å². The van der Waals surface area contributed by atoms with Gasteiger partial charge in [-0.25, -0.2) is 4.99 Å². The van der Waals surface area contributed by atoms with Gasteiger partial charge in [-0.15, -0.1) is 0 Å². The number of benzene rings is 1. The highest BCUT2D eigenvalue weighted by Gasteiger charge is 2.20. The SMILES string of the molecule is ONC=NC1=C(c2nc(-c3ccc(Cl)cc3)no2)CCCC1. The van der Waals surface area contributed by atoms with Crippen molar-refractivity contribution in [2.75, 3.05) is 0 Å². The van der Waals surface area contributed by atoms with Crippen molar-refractivity contribution in [2.24, 2.45) is 4.99 Å². The van der Waals surface area contributed by atoms with Crippen LogP contribution in [0.1, 0.15) is 31.6 Å². The Kier molecular flexibility index (Phi) is 4.50. The highest BCUT2D eigenvalue weighted by molar-refractivity contribution is 6.30. The van der Waals surface area contributed by atoms with E-state index in [1.807, 2.05) is 17.6 Å². The quantitative estimate of drug-likeness (QED) is 0.510. The summed E-state index contributed by atoms with van der Waals surface area (Å²) in [5, 5.41) is 13.3. The van der Waals surface area contributed by atoms with Gasteiger partial charge in [0.2, 0.25) is 5.82 Å². The number of rotatable bonds is 4. The molecular weight excluding hydrogens is 304 g/mol. The standard InChI is InChI=1S/C15H15ClN4O2/c16-11-7-5-10(6-8-11)14-19-15(22-20-14)12-3-1-2-4-13(12)17-9-18-21/h5-9,21H,1-4H2,(H,17,18). The first kappa shape index (κ1) is 14.7. The number of hydrogen-bond donors (Lipinski definition) is 2. The van der Waals surface area contributed by atoms with Crippen LogP contribution in [0.15, 0.2) is 39.5 Å². The van der Waals surface area contributed by atoms with Gasteiger partial charge in [-0.3, -0.25) is 10.7 Å². The number of aromatic nitrogens is 2. The summed E-state index contributed by atoms with van der Waals surface area (Å²) in [4.78, 5) is 8.66. The lowest BCUT2D eigenvalue weighted by atomic mass is 9.96. The van der Waals surface area contributed by atoms with E-state index in [1.54, 1.807) is 12.1 Å². The van der Waals surface area contributed by atoms with Crippen molar-refractivity contribution in [1.82, 2.24) is 15.6 Å². The predicted molar refractivity (Wildman–Crippen MR) is 83.5 cm³/mol. The van der Waals surface area contributed by atoms with Gasteiger partial charge in [0.25, 0.3) is 5.89 Å². The Labute approximate surface area is 132 Å². The molecular formula is C15H15ClN4O2. The van der Waals surface area contributed by atoms with E-state index in [1.165, 1.54) is 6.34 Å². The number of aliphatic imine (C=N–C) groups is 1. The second-order valence-electron chi connectivity index (χ2n) is 4.95. The third kappa shape index (κ3) is 3.18. The van der Waals surface area contributed by atoms with E-state index in [4.69, 9.17) is 21.3 Å². The molecule has 0 unspecified atom stereocenters. The second-order valence-corrected chi connectivity index (χ2v) is 5.39. The maximum absolute atomic E-state index is 8.64. The summed E-state index contributed by atoms with van der Waals surface area (Å²) >= 11 is 5.88. The van der Waals surface area contributed by atoms with Crippen LogP contribution in [0.5, 0.6) is 0 Å². The molecule has 1 aromatic carbocycles. The summed E-state index contributed by atoms with van der Waals surface area (Å²) in [6, 6.07) is 7.27. The summed E-state index contributed by atoms with van der Waals surface area (Å²) in [7, 11) is 0.